The third-order valence-electron chi connectivity index (χ3n) is 13.7. The minimum atomic E-state index is -0.727. The van der Waals surface area contributed by atoms with Crippen LogP contribution in [0.5, 0.6) is 0 Å². The van der Waals surface area contributed by atoms with Crippen molar-refractivity contribution in [1.29, 1.82) is 0 Å². The van der Waals surface area contributed by atoms with E-state index in [1.165, 1.54) is 5.57 Å². The highest BCUT2D eigenvalue weighted by Gasteiger charge is 2.76. The summed E-state index contributed by atoms with van der Waals surface area (Å²) in [6, 6.07) is 0. The lowest BCUT2D eigenvalue weighted by atomic mass is 9.28. The van der Waals surface area contributed by atoms with E-state index in [1.54, 1.807) is 0 Å². The molecular formula is C31H42O4. The first-order valence-electron chi connectivity index (χ1n) is 13.9. The zero-order valence-electron chi connectivity index (χ0n) is 22.4. The zero-order valence-corrected chi connectivity index (χ0v) is 22.4. The van der Waals surface area contributed by atoms with Gasteiger partial charge in [0.25, 0.3) is 0 Å². The summed E-state index contributed by atoms with van der Waals surface area (Å²) < 4.78 is 0. The van der Waals surface area contributed by atoms with Crippen LogP contribution in [0, 0.1) is 49.7 Å². The summed E-state index contributed by atoms with van der Waals surface area (Å²) in [4.78, 5) is 39.7. The Morgan fingerprint density at radius 2 is 1.54 bits per heavy atom. The van der Waals surface area contributed by atoms with Crippen LogP contribution < -0.4 is 0 Å². The van der Waals surface area contributed by atoms with Crippen molar-refractivity contribution in [2.45, 2.75) is 99.3 Å². The number of carbonyl (C=O) groups is 3. The standard InChI is InChI=1S/C31H42O4/c1-25-9-10-26(2,24(34)35)18-20(25)19-17-21(32)23-29(5,27(19,3)12-11-25)14-16-31-15-13-28(31,4)22(33)7-8-30(23,31)6/h13,15,17,20,23H,7-12,14,16,18H2,1-6H3,(H,34,35)/t20-,23+,25-,26+,27-,28+,29-,30-,31+/m1/s1. The Balaban J connectivity index is 1.49. The average molecular weight is 479 g/mol. The third kappa shape index (κ3) is 2.35. The lowest BCUT2D eigenvalue weighted by molar-refractivity contribution is -0.211. The Kier molecular flexibility index (Phi) is 4.33. The highest BCUT2D eigenvalue weighted by atomic mass is 16.4. The molecule has 4 nitrogen and oxygen atoms in total. The van der Waals surface area contributed by atoms with E-state index >= 15 is 0 Å². The Labute approximate surface area is 210 Å². The average Bonchev–Trinajstić information content (AvgIpc) is 2.78. The van der Waals surface area contributed by atoms with Crippen molar-refractivity contribution in [2.24, 2.45) is 49.7 Å². The maximum atomic E-state index is 14.3. The highest BCUT2D eigenvalue weighted by molar-refractivity contribution is 5.97. The fourth-order valence-electron chi connectivity index (χ4n) is 10.8. The number of Topliss-reactive ketones (excluding diaryl/α,β-unsaturated/α-hetero) is 1. The molecule has 0 saturated heterocycles. The van der Waals surface area contributed by atoms with E-state index in [-0.39, 0.29) is 44.7 Å². The largest absolute Gasteiger partial charge is 0.481 e. The SMILES string of the molecule is C[C@]1(C(=O)O)CC[C@]2(C)CC[C@]3(C)C(=CC(=O)[C@@H]4[C@@]5(C)CCC(=O)[C@]6(C)C=C[C@]65CC[C@]43C)[C@H]2C1. The monoisotopic (exact) mass is 478 g/mol. The van der Waals surface area contributed by atoms with Crippen molar-refractivity contribution in [3.05, 3.63) is 23.8 Å². The van der Waals surface area contributed by atoms with Crippen LogP contribution in [0.1, 0.15) is 99.3 Å². The summed E-state index contributed by atoms with van der Waals surface area (Å²) in [5.41, 5.74) is -0.606. The molecule has 1 N–H and O–H groups in total. The van der Waals surface area contributed by atoms with Crippen molar-refractivity contribution < 1.29 is 19.5 Å². The molecule has 0 amide bonds. The fraction of sp³-hybridized carbons (Fsp3) is 0.774. The first kappa shape index (κ1) is 23.7. The molecule has 1 spiro atoms. The van der Waals surface area contributed by atoms with Crippen molar-refractivity contribution in [3.8, 4) is 0 Å². The molecule has 4 heteroatoms. The summed E-state index contributed by atoms with van der Waals surface area (Å²) >= 11 is 0. The van der Waals surface area contributed by atoms with E-state index in [4.69, 9.17) is 0 Å². The van der Waals surface area contributed by atoms with E-state index in [0.29, 0.717) is 25.0 Å². The first-order chi connectivity index (χ1) is 16.1. The smallest absolute Gasteiger partial charge is 0.309 e. The van der Waals surface area contributed by atoms with Crippen LogP contribution in [-0.2, 0) is 14.4 Å². The van der Waals surface area contributed by atoms with Crippen molar-refractivity contribution in [2.75, 3.05) is 0 Å². The summed E-state index contributed by atoms with van der Waals surface area (Å²) in [6.45, 7) is 13.5. The van der Waals surface area contributed by atoms with Gasteiger partial charge in [-0.25, -0.2) is 0 Å². The summed E-state index contributed by atoms with van der Waals surface area (Å²) in [6.07, 6.45) is 14.1. The van der Waals surface area contributed by atoms with Gasteiger partial charge in [-0.2, -0.15) is 0 Å². The van der Waals surface area contributed by atoms with Gasteiger partial charge >= 0.3 is 5.97 Å². The van der Waals surface area contributed by atoms with Crippen LogP contribution in [0.2, 0.25) is 0 Å². The predicted molar refractivity (Wildman–Crippen MR) is 134 cm³/mol. The molecule has 0 aliphatic heterocycles. The molecule has 0 heterocycles. The second kappa shape index (κ2) is 6.40. The molecule has 0 aromatic carbocycles. The Morgan fingerprint density at radius 1 is 0.857 bits per heavy atom. The van der Waals surface area contributed by atoms with Crippen molar-refractivity contribution >= 4 is 17.5 Å². The molecule has 6 rings (SSSR count). The minimum absolute atomic E-state index is 0.0656. The van der Waals surface area contributed by atoms with Gasteiger partial charge in [0.2, 0.25) is 0 Å². The Morgan fingerprint density at radius 3 is 2.17 bits per heavy atom. The van der Waals surface area contributed by atoms with E-state index in [1.807, 2.05) is 13.0 Å². The van der Waals surface area contributed by atoms with Crippen LogP contribution in [0.4, 0.5) is 0 Å². The van der Waals surface area contributed by atoms with Gasteiger partial charge in [-0.15, -0.1) is 0 Å². The van der Waals surface area contributed by atoms with Crippen molar-refractivity contribution in [1.82, 2.24) is 0 Å². The number of hydrogen-bond acceptors (Lipinski definition) is 3. The minimum Gasteiger partial charge on any atom is -0.481 e. The molecular weight excluding hydrogens is 436 g/mol. The lowest BCUT2D eigenvalue weighted by Crippen LogP contribution is -2.72. The maximum Gasteiger partial charge on any atom is 0.309 e. The number of carboxylic acids is 1. The lowest BCUT2D eigenvalue weighted by Gasteiger charge is -2.74. The van der Waals surface area contributed by atoms with Gasteiger partial charge < -0.3 is 5.11 Å². The Hall–Kier alpha value is -1.71. The second-order valence-electron chi connectivity index (χ2n) is 14.8. The number of hydrogen-bond donors (Lipinski definition) is 1. The van der Waals surface area contributed by atoms with E-state index < -0.39 is 16.8 Å². The maximum absolute atomic E-state index is 14.3. The fourth-order valence-corrected chi connectivity index (χ4v) is 10.8. The van der Waals surface area contributed by atoms with E-state index in [9.17, 15) is 19.5 Å². The van der Waals surface area contributed by atoms with Gasteiger partial charge in [0.15, 0.2) is 5.78 Å². The number of allylic oxidation sites excluding steroid dienone is 4. The van der Waals surface area contributed by atoms with Crippen LogP contribution in [0.25, 0.3) is 0 Å². The number of carboxylic acid groups (broad SMARTS) is 1. The molecule has 0 radical (unpaired) electrons. The Bertz CT molecular complexity index is 1130. The number of rotatable bonds is 1. The van der Waals surface area contributed by atoms with Crippen molar-refractivity contribution in [3.63, 3.8) is 0 Å². The molecule has 4 saturated carbocycles. The van der Waals surface area contributed by atoms with Gasteiger partial charge in [0, 0.05) is 17.8 Å². The quantitative estimate of drug-likeness (QED) is 0.434. The van der Waals surface area contributed by atoms with E-state index in [0.717, 1.165) is 38.5 Å². The second-order valence-corrected chi connectivity index (χ2v) is 14.8. The topological polar surface area (TPSA) is 71.4 Å². The molecule has 6 aliphatic carbocycles. The predicted octanol–water partition coefficient (Wildman–Crippen LogP) is 6.54. The van der Waals surface area contributed by atoms with Gasteiger partial charge in [-0.05, 0) is 98.9 Å². The van der Waals surface area contributed by atoms with Gasteiger partial charge in [0.05, 0.1) is 10.8 Å². The number of fused-ring (bicyclic) bond motifs is 6. The molecule has 0 bridgehead atoms. The van der Waals surface area contributed by atoms with E-state index in [2.05, 4.69) is 46.8 Å². The molecule has 9 atom stereocenters. The highest BCUT2D eigenvalue weighted by Crippen LogP contribution is 2.80. The molecule has 35 heavy (non-hydrogen) atoms. The first-order valence-corrected chi connectivity index (χ1v) is 13.9. The molecule has 0 unspecified atom stereocenters. The molecule has 4 fully saturated rings. The van der Waals surface area contributed by atoms with Crippen LogP contribution in [-0.4, -0.2) is 22.6 Å². The number of ketones is 2. The molecule has 190 valence electrons. The number of aliphatic carboxylic acids is 1. The zero-order chi connectivity index (χ0) is 25.4. The number of carbonyl (C=O) groups excluding carboxylic acids is 2. The van der Waals surface area contributed by atoms with Gasteiger partial charge in [0.1, 0.15) is 5.78 Å². The van der Waals surface area contributed by atoms with Gasteiger partial charge in [-0.3, -0.25) is 14.4 Å². The molecule has 0 aromatic heterocycles. The van der Waals surface area contributed by atoms with Gasteiger partial charge in [-0.1, -0.05) is 45.4 Å². The molecule has 0 aromatic rings. The third-order valence-corrected chi connectivity index (χ3v) is 13.7. The van der Waals surface area contributed by atoms with Crippen LogP contribution in [0.15, 0.2) is 23.8 Å². The van der Waals surface area contributed by atoms with Crippen LogP contribution >= 0.6 is 0 Å². The summed E-state index contributed by atoms with van der Waals surface area (Å²) in [5, 5.41) is 10.1. The summed E-state index contributed by atoms with van der Waals surface area (Å²) in [5.74, 6) is -0.0773. The molecule has 6 aliphatic rings. The summed E-state index contributed by atoms with van der Waals surface area (Å²) in [7, 11) is 0. The van der Waals surface area contributed by atoms with Crippen LogP contribution in [0.3, 0.4) is 0 Å². The normalized spacial score (nSPS) is 56.5.